The molecule has 1 atom stereocenters. The Morgan fingerprint density at radius 2 is 2.44 bits per heavy atom. The summed E-state index contributed by atoms with van der Waals surface area (Å²) in [5.41, 5.74) is 0.476. The third-order valence-electron chi connectivity index (χ3n) is 2.90. The summed E-state index contributed by atoms with van der Waals surface area (Å²) in [5, 5.41) is 11.9. The van der Waals surface area contributed by atoms with E-state index in [1.165, 1.54) is 6.92 Å². The van der Waals surface area contributed by atoms with Gasteiger partial charge in [0.25, 0.3) is 0 Å². The Labute approximate surface area is 106 Å². The Bertz CT molecular complexity index is 508. The molecule has 1 saturated heterocycles. The number of nitriles is 1. The van der Waals surface area contributed by atoms with E-state index in [9.17, 15) is 4.79 Å². The smallest absolute Gasteiger partial charge is 0.217 e. The highest BCUT2D eigenvalue weighted by atomic mass is 16.1. The van der Waals surface area contributed by atoms with Gasteiger partial charge in [-0.2, -0.15) is 5.26 Å². The molecule has 1 aromatic rings. The fraction of sp³-hybridized carbons (Fsp3) is 0.500. The summed E-state index contributed by atoms with van der Waals surface area (Å²) in [7, 11) is 0. The van der Waals surface area contributed by atoms with E-state index in [0.29, 0.717) is 23.8 Å². The summed E-state index contributed by atoms with van der Waals surface area (Å²) in [6.07, 6.45) is 2.41. The minimum atomic E-state index is -0.0266. The number of anilines is 1. The van der Waals surface area contributed by atoms with Gasteiger partial charge >= 0.3 is 0 Å². The molecule has 0 aromatic carbocycles. The molecular weight excluding hydrogens is 230 g/mol. The van der Waals surface area contributed by atoms with Crippen molar-refractivity contribution in [3.8, 4) is 6.07 Å². The zero-order valence-corrected chi connectivity index (χ0v) is 10.5. The molecule has 1 aliphatic heterocycles. The van der Waals surface area contributed by atoms with Gasteiger partial charge in [0.15, 0.2) is 0 Å². The van der Waals surface area contributed by atoms with Crippen LogP contribution in [0.15, 0.2) is 6.20 Å². The molecule has 1 unspecified atom stereocenters. The van der Waals surface area contributed by atoms with Gasteiger partial charge in [0.2, 0.25) is 5.91 Å². The van der Waals surface area contributed by atoms with Gasteiger partial charge in [-0.15, -0.1) is 0 Å². The zero-order valence-electron chi connectivity index (χ0n) is 10.5. The van der Waals surface area contributed by atoms with Crippen molar-refractivity contribution in [3.63, 3.8) is 0 Å². The molecule has 1 N–H and O–H groups in total. The summed E-state index contributed by atoms with van der Waals surface area (Å²) in [4.78, 5) is 21.4. The van der Waals surface area contributed by atoms with Crippen molar-refractivity contribution in [2.75, 3.05) is 18.0 Å². The lowest BCUT2D eigenvalue weighted by atomic mass is 10.2. The maximum Gasteiger partial charge on any atom is 0.217 e. The van der Waals surface area contributed by atoms with Gasteiger partial charge in [-0.3, -0.25) is 4.79 Å². The molecule has 0 saturated carbocycles. The summed E-state index contributed by atoms with van der Waals surface area (Å²) in [6, 6.07) is 2.23. The largest absolute Gasteiger partial charge is 0.353 e. The fourth-order valence-electron chi connectivity index (χ4n) is 2.14. The molecule has 18 heavy (non-hydrogen) atoms. The van der Waals surface area contributed by atoms with Crippen molar-refractivity contribution < 1.29 is 4.79 Å². The van der Waals surface area contributed by atoms with Crippen LogP contribution in [0.5, 0.6) is 0 Å². The van der Waals surface area contributed by atoms with Crippen LogP contribution in [0, 0.1) is 18.3 Å². The second kappa shape index (κ2) is 5.00. The number of hydrogen-bond acceptors (Lipinski definition) is 5. The van der Waals surface area contributed by atoms with Crippen molar-refractivity contribution in [2.45, 2.75) is 26.3 Å². The molecule has 6 nitrogen and oxygen atoms in total. The van der Waals surface area contributed by atoms with Crippen LogP contribution >= 0.6 is 0 Å². The van der Waals surface area contributed by atoms with Crippen molar-refractivity contribution in [3.05, 3.63) is 17.6 Å². The third kappa shape index (κ3) is 2.56. The number of aromatic nitrogens is 2. The van der Waals surface area contributed by atoms with Crippen LogP contribution in [-0.2, 0) is 4.79 Å². The van der Waals surface area contributed by atoms with E-state index >= 15 is 0 Å². The molecule has 0 aliphatic carbocycles. The van der Waals surface area contributed by atoms with E-state index in [1.54, 1.807) is 13.1 Å². The van der Waals surface area contributed by atoms with Crippen LogP contribution in [0.25, 0.3) is 0 Å². The van der Waals surface area contributed by atoms with Gasteiger partial charge in [0, 0.05) is 26.1 Å². The Morgan fingerprint density at radius 1 is 1.67 bits per heavy atom. The average Bonchev–Trinajstić information content (AvgIpc) is 2.76. The maximum atomic E-state index is 11.0. The highest BCUT2D eigenvalue weighted by molar-refractivity contribution is 5.73. The Balaban J connectivity index is 2.16. The van der Waals surface area contributed by atoms with Gasteiger partial charge in [-0.25, -0.2) is 9.97 Å². The lowest BCUT2D eigenvalue weighted by Gasteiger charge is -2.18. The van der Waals surface area contributed by atoms with Crippen molar-refractivity contribution in [2.24, 2.45) is 0 Å². The summed E-state index contributed by atoms with van der Waals surface area (Å²) >= 11 is 0. The first-order valence-electron chi connectivity index (χ1n) is 5.86. The van der Waals surface area contributed by atoms with Gasteiger partial charge in [-0.05, 0) is 13.3 Å². The molecule has 6 heteroatoms. The Hall–Kier alpha value is -2.16. The standard InChI is InChI=1S/C12H15N5O/c1-8-14-6-10(5-13)12(15-8)17-4-3-11(7-17)16-9(2)18/h6,11H,3-4,7H2,1-2H3,(H,16,18). The molecule has 2 heterocycles. The first-order chi connectivity index (χ1) is 8.60. The van der Waals surface area contributed by atoms with Crippen LogP contribution < -0.4 is 10.2 Å². The number of amides is 1. The summed E-state index contributed by atoms with van der Waals surface area (Å²) < 4.78 is 0. The third-order valence-corrected chi connectivity index (χ3v) is 2.90. The topological polar surface area (TPSA) is 81.9 Å². The highest BCUT2D eigenvalue weighted by Crippen LogP contribution is 2.21. The van der Waals surface area contributed by atoms with Gasteiger partial charge in [-0.1, -0.05) is 0 Å². The minimum absolute atomic E-state index is 0.0266. The molecule has 0 bridgehead atoms. The van der Waals surface area contributed by atoms with Crippen molar-refractivity contribution in [1.82, 2.24) is 15.3 Å². The number of nitrogens with one attached hydrogen (secondary N) is 1. The van der Waals surface area contributed by atoms with E-state index in [2.05, 4.69) is 21.4 Å². The lowest BCUT2D eigenvalue weighted by molar-refractivity contribution is -0.119. The molecule has 1 aromatic heterocycles. The number of aryl methyl sites for hydroxylation is 1. The first-order valence-corrected chi connectivity index (χ1v) is 5.86. The van der Waals surface area contributed by atoms with E-state index in [0.717, 1.165) is 13.0 Å². The zero-order chi connectivity index (χ0) is 13.1. The SMILES string of the molecule is CC(=O)NC1CCN(c2nc(C)ncc2C#N)C1. The number of rotatable bonds is 2. The summed E-state index contributed by atoms with van der Waals surface area (Å²) in [6.45, 7) is 4.78. The predicted molar refractivity (Wildman–Crippen MR) is 65.9 cm³/mol. The second-order valence-corrected chi connectivity index (χ2v) is 4.40. The fourth-order valence-corrected chi connectivity index (χ4v) is 2.14. The van der Waals surface area contributed by atoms with Crippen molar-refractivity contribution >= 4 is 11.7 Å². The van der Waals surface area contributed by atoms with Crippen molar-refractivity contribution in [1.29, 1.82) is 5.26 Å². The Morgan fingerprint density at radius 3 is 3.11 bits per heavy atom. The highest BCUT2D eigenvalue weighted by Gasteiger charge is 2.25. The van der Waals surface area contributed by atoms with Crippen LogP contribution in [-0.4, -0.2) is 35.0 Å². The molecule has 1 fully saturated rings. The van der Waals surface area contributed by atoms with Crippen LogP contribution in [0.2, 0.25) is 0 Å². The lowest BCUT2D eigenvalue weighted by Crippen LogP contribution is -2.35. The maximum absolute atomic E-state index is 11.0. The molecular formula is C12H15N5O. The monoisotopic (exact) mass is 245 g/mol. The molecule has 1 amide bonds. The van der Waals surface area contributed by atoms with E-state index in [-0.39, 0.29) is 11.9 Å². The van der Waals surface area contributed by atoms with Crippen LogP contribution in [0.4, 0.5) is 5.82 Å². The van der Waals surface area contributed by atoms with Gasteiger partial charge < -0.3 is 10.2 Å². The van der Waals surface area contributed by atoms with E-state index in [4.69, 9.17) is 5.26 Å². The second-order valence-electron chi connectivity index (χ2n) is 4.40. The molecule has 1 aliphatic rings. The number of carbonyl (C=O) groups is 1. The number of nitrogens with zero attached hydrogens (tertiary/aromatic N) is 4. The molecule has 2 rings (SSSR count). The quantitative estimate of drug-likeness (QED) is 0.814. The van der Waals surface area contributed by atoms with Gasteiger partial charge in [0.05, 0.1) is 6.20 Å². The number of carbonyl (C=O) groups excluding carboxylic acids is 1. The Kier molecular flexibility index (Phi) is 3.42. The van der Waals surface area contributed by atoms with E-state index in [1.807, 2.05) is 4.90 Å². The number of hydrogen-bond donors (Lipinski definition) is 1. The predicted octanol–water partition coefficient (Wildman–Crippen LogP) is 0.371. The van der Waals surface area contributed by atoms with Gasteiger partial charge in [0.1, 0.15) is 23.3 Å². The minimum Gasteiger partial charge on any atom is -0.353 e. The molecule has 0 spiro atoms. The molecule has 94 valence electrons. The van der Waals surface area contributed by atoms with Crippen LogP contribution in [0.3, 0.4) is 0 Å². The first kappa shape index (κ1) is 12.3. The molecule has 0 radical (unpaired) electrons. The normalized spacial score (nSPS) is 18.5. The summed E-state index contributed by atoms with van der Waals surface area (Å²) in [5.74, 6) is 1.28. The van der Waals surface area contributed by atoms with E-state index < -0.39 is 0 Å². The van der Waals surface area contributed by atoms with Crippen LogP contribution in [0.1, 0.15) is 24.7 Å². The average molecular weight is 245 g/mol.